The van der Waals surface area contributed by atoms with Gasteiger partial charge in [0.25, 0.3) is 5.56 Å². The van der Waals surface area contributed by atoms with Gasteiger partial charge in [-0.25, -0.2) is 4.98 Å². The van der Waals surface area contributed by atoms with E-state index < -0.39 is 0 Å². The van der Waals surface area contributed by atoms with Crippen molar-refractivity contribution in [2.24, 2.45) is 11.7 Å². The molecule has 2 rings (SSSR count). The number of H-pyrrole nitrogens is 1. The summed E-state index contributed by atoms with van der Waals surface area (Å²) in [7, 11) is 1.49. The van der Waals surface area contributed by atoms with Crippen molar-refractivity contribution in [3.8, 4) is 5.75 Å². The summed E-state index contributed by atoms with van der Waals surface area (Å²) >= 11 is 0. The second-order valence-corrected chi connectivity index (χ2v) is 4.28. The second kappa shape index (κ2) is 5.18. The molecule has 1 unspecified atom stereocenters. The van der Waals surface area contributed by atoms with E-state index in [4.69, 9.17) is 10.5 Å². The summed E-state index contributed by atoms with van der Waals surface area (Å²) < 4.78 is 5.12. The van der Waals surface area contributed by atoms with Crippen molar-refractivity contribution in [2.45, 2.75) is 12.8 Å². The van der Waals surface area contributed by atoms with Crippen LogP contribution in [0.15, 0.2) is 11.1 Å². The molecule has 6 heteroatoms. The van der Waals surface area contributed by atoms with Crippen molar-refractivity contribution >= 4 is 5.82 Å². The summed E-state index contributed by atoms with van der Waals surface area (Å²) in [6.07, 6.45) is 3.62. The van der Waals surface area contributed by atoms with Crippen molar-refractivity contribution in [3.05, 3.63) is 16.7 Å². The average Bonchev–Trinajstić information content (AvgIpc) is 2.38. The number of nitrogens with zero attached hydrogens (tertiary/aromatic N) is 2. The first-order valence-electron chi connectivity index (χ1n) is 5.83. The van der Waals surface area contributed by atoms with Crippen LogP contribution in [0.5, 0.6) is 5.75 Å². The number of hydrogen-bond donors (Lipinski definition) is 2. The van der Waals surface area contributed by atoms with Crippen molar-refractivity contribution in [1.82, 2.24) is 9.97 Å². The van der Waals surface area contributed by atoms with Crippen LogP contribution in [0.25, 0.3) is 0 Å². The molecule has 6 nitrogen and oxygen atoms in total. The quantitative estimate of drug-likeness (QED) is 0.771. The van der Waals surface area contributed by atoms with E-state index in [-0.39, 0.29) is 11.3 Å². The first-order valence-corrected chi connectivity index (χ1v) is 5.83. The zero-order valence-electron chi connectivity index (χ0n) is 9.98. The molecule has 1 aliphatic heterocycles. The minimum absolute atomic E-state index is 0.243. The maximum atomic E-state index is 11.6. The van der Waals surface area contributed by atoms with Crippen molar-refractivity contribution in [1.29, 1.82) is 0 Å². The van der Waals surface area contributed by atoms with Gasteiger partial charge in [0.2, 0.25) is 5.75 Å². The third-order valence-corrected chi connectivity index (χ3v) is 3.15. The lowest BCUT2D eigenvalue weighted by molar-refractivity contribution is 0.391. The van der Waals surface area contributed by atoms with Gasteiger partial charge in [-0.3, -0.25) is 4.79 Å². The van der Waals surface area contributed by atoms with Crippen molar-refractivity contribution in [2.75, 3.05) is 31.6 Å². The molecule has 1 aliphatic rings. The Balaban J connectivity index is 2.27. The molecular formula is C11H18N4O2. The SMILES string of the molecule is COc1c(N2CCCC(CN)C2)nc[nH]c1=O. The van der Waals surface area contributed by atoms with Gasteiger partial charge >= 0.3 is 0 Å². The predicted octanol–water partition coefficient (Wildman–Crippen LogP) is -0.0464. The van der Waals surface area contributed by atoms with Crippen LogP contribution in [0, 0.1) is 5.92 Å². The molecule has 0 bridgehead atoms. The normalized spacial score (nSPS) is 20.4. The van der Waals surface area contributed by atoms with Gasteiger partial charge in [0, 0.05) is 13.1 Å². The molecule has 1 aromatic rings. The van der Waals surface area contributed by atoms with Gasteiger partial charge in [-0.2, -0.15) is 0 Å². The van der Waals surface area contributed by atoms with E-state index in [0.717, 1.165) is 25.9 Å². The lowest BCUT2D eigenvalue weighted by atomic mass is 9.98. The molecular weight excluding hydrogens is 220 g/mol. The molecule has 3 N–H and O–H groups in total. The first-order chi connectivity index (χ1) is 8.26. The molecule has 2 heterocycles. The van der Waals surface area contributed by atoms with E-state index in [1.54, 1.807) is 0 Å². The zero-order valence-corrected chi connectivity index (χ0v) is 9.98. The maximum absolute atomic E-state index is 11.6. The Morgan fingerprint density at radius 2 is 2.53 bits per heavy atom. The largest absolute Gasteiger partial charge is 0.489 e. The van der Waals surface area contributed by atoms with E-state index in [1.165, 1.54) is 13.4 Å². The van der Waals surface area contributed by atoms with Gasteiger partial charge in [-0.15, -0.1) is 0 Å². The average molecular weight is 238 g/mol. The Morgan fingerprint density at radius 1 is 1.71 bits per heavy atom. The molecule has 17 heavy (non-hydrogen) atoms. The Kier molecular flexibility index (Phi) is 3.63. The summed E-state index contributed by atoms with van der Waals surface area (Å²) in [5.74, 6) is 1.37. The fraction of sp³-hybridized carbons (Fsp3) is 0.636. The molecule has 1 saturated heterocycles. The third kappa shape index (κ3) is 2.41. The molecule has 0 aliphatic carbocycles. The Morgan fingerprint density at radius 3 is 3.24 bits per heavy atom. The van der Waals surface area contributed by atoms with Crippen LogP contribution in [0.4, 0.5) is 5.82 Å². The van der Waals surface area contributed by atoms with Gasteiger partial charge < -0.3 is 20.4 Å². The van der Waals surface area contributed by atoms with E-state index >= 15 is 0 Å². The molecule has 1 atom stereocenters. The number of ether oxygens (including phenoxy) is 1. The number of methoxy groups -OCH3 is 1. The number of aromatic nitrogens is 2. The second-order valence-electron chi connectivity index (χ2n) is 4.28. The Labute approximate surface area is 99.8 Å². The molecule has 0 aromatic carbocycles. The van der Waals surface area contributed by atoms with Gasteiger partial charge in [-0.1, -0.05) is 0 Å². The summed E-state index contributed by atoms with van der Waals surface area (Å²) in [6.45, 7) is 2.40. The number of aromatic amines is 1. The molecule has 0 saturated carbocycles. The highest BCUT2D eigenvalue weighted by atomic mass is 16.5. The molecule has 1 fully saturated rings. The van der Waals surface area contributed by atoms with E-state index in [2.05, 4.69) is 14.9 Å². The lowest BCUT2D eigenvalue weighted by Crippen LogP contribution is -2.39. The standard InChI is InChI=1S/C11H18N4O2/c1-17-9-10(13-7-14-11(9)16)15-4-2-3-8(5-12)6-15/h7-8H,2-6,12H2,1H3,(H,13,14,16). The monoisotopic (exact) mass is 238 g/mol. The zero-order chi connectivity index (χ0) is 12.3. The molecule has 0 radical (unpaired) electrons. The molecule has 0 spiro atoms. The van der Waals surface area contributed by atoms with E-state index in [9.17, 15) is 4.79 Å². The summed E-state index contributed by atoms with van der Waals surface area (Å²) in [4.78, 5) is 20.4. The number of nitrogens with one attached hydrogen (secondary N) is 1. The molecule has 1 aromatic heterocycles. The molecule has 94 valence electrons. The highest BCUT2D eigenvalue weighted by Gasteiger charge is 2.23. The van der Waals surface area contributed by atoms with Gasteiger partial charge in [0.15, 0.2) is 5.82 Å². The van der Waals surface area contributed by atoms with Crippen LogP contribution in [-0.4, -0.2) is 36.7 Å². The number of nitrogens with two attached hydrogens (primary N) is 1. The highest BCUT2D eigenvalue weighted by Crippen LogP contribution is 2.25. The topological polar surface area (TPSA) is 84.2 Å². The first kappa shape index (κ1) is 11.9. The Hall–Kier alpha value is -1.56. The maximum Gasteiger partial charge on any atom is 0.295 e. The van der Waals surface area contributed by atoms with Gasteiger partial charge in [0.1, 0.15) is 0 Å². The fourth-order valence-corrected chi connectivity index (χ4v) is 2.24. The minimum Gasteiger partial charge on any atom is -0.489 e. The number of piperidine rings is 1. The van der Waals surface area contributed by atoms with Gasteiger partial charge in [0.05, 0.1) is 13.4 Å². The Bertz CT molecular complexity index is 432. The lowest BCUT2D eigenvalue weighted by Gasteiger charge is -2.33. The number of anilines is 1. The fourth-order valence-electron chi connectivity index (χ4n) is 2.24. The van der Waals surface area contributed by atoms with Crippen LogP contribution < -0.4 is 20.9 Å². The molecule has 0 amide bonds. The van der Waals surface area contributed by atoms with Crippen LogP contribution in [0.3, 0.4) is 0 Å². The summed E-state index contributed by atoms with van der Waals surface area (Å²) in [6, 6.07) is 0. The van der Waals surface area contributed by atoms with Gasteiger partial charge in [-0.05, 0) is 25.3 Å². The van der Waals surface area contributed by atoms with Crippen LogP contribution >= 0.6 is 0 Å². The third-order valence-electron chi connectivity index (χ3n) is 3.15. The summed E-state index contributed by atoms with van der Waals surface area (Å²) in [5, 5.41) is 0. The minimum atomic E-state index is -0.243. The van der Waals surface area contributed by atoms with E-state index in [1.807, 2.05) is 0 Å². The number of hydrogen-bond acceptors (Lipinski definition) is 5. The van der Waals surface area contributed by atoms with E-state index in [0.29, 0.717) is 18.3 Å². The van der Waals surface area contributed by atoms with Crippen LogP contribution in [0.2, 0.25) is 0 Å². The van der Waals surface area contributed by atoms with Crippen LogP contribution in [-0.2, 0) is 0 Å². The van der Waals surface area contributed by atoms with Crippen LogP contribution in [0.1, 0.15) is 12.8 Å². The van der Waals surface area contributed by atoms with Crippen molar-refractivity contribution < 1.29 is 4.74 Å². The van der Waals surface area contributed by atoms with Crippen molar-refractivity contribution in [3.63, 3.8) is 0 Å². The predicted molar refractivity (Wildman–Crippen MR) is 65.4 cm³/mol. The number of rotatable bonds is 3. The smallest absolute Gasteiger partial charge is 0.295 e. The highest BCUT2D eigenvalue weighted by molar-refractivity contribution is 5.50. The summed E-state index contributed by atoms with van der Waals surface area (Å²) in [5.41, 5.74) is 5.45.